The van der Waals surface area contributed by atoms with Crippen LogP contribution in [0.3, 0.4) is 0 Å². The average molecular weight is 1000 g/mol. The van der Waals surface area contributed by atoms with Crippen LogP contribution in [-0.4, -0.2) is 9.13 Å². The number of benzene rings is 8. The summed E-state index contributed by atoms with van der Waals surface area (Å²) in [6.45, 7) is 42.2. The number of fused-ring (bicyclic) bond motifs is 10. The Morgan fingerprint density at radius 2 is 0.634 bits per heavy atom. The molecule has 3 heteroatoms. The summed E-state index contributed by atoms with van der Waals surface area (Å²) in [5.41, 5.74) is 17.3. The highest BCUT2D eigenvalue weighted by molar-refractivity contribution is 9.10. The molecule has 0 amide bonds. The van der Waals surface area contributed by atoms with Gasteiger partial charge in [0.2, 0.25) is 0 Å². The molecule has 0 radical (unpaired) electrons. The van der Waals surface area contributed by atoms with Gasteiger partial charge in [-0.1, -0.05) is 203 Å². The Labute approximate surface area is 432 Å². The van der Waals surface area contributed by atoms with Gasteiger partial charge in [0.25, 0.3) is 0 Å². The Kier molecular flexibility index (Phi) is 11.2. The second kappa shape index (κ2) is 16.2. The number of aromatic nitrogens is 2. The molecule has 10 aromatic rings. The maximum Gasteiger partial charge on any atom is 0.0657 e. The standard InChI is InChI=1S/C68H75BrN2/c1-63(2,3)42-27-29-56-50(36-42)52-38-54(67(13,14)15)46-23-19-21-25-48(46)61(52)70(56)58-33-41(40-31-44(65(7,8)9)35-45(32-40)66(10,11)12)34-59(60(58)69)71-57-30-28-43(64(4,5)6)37-51(57)53-39-55(68(16,17)18)47-24-20-22-26-49(47)62(53)71/h19-39H,1-18H3. The lowest BCUT2D eigenvalue weighted by atomic mass is 9.79. The third kappa shape index (κ3) is 8.23. The summed E-state index contributed by atoms with van der Waals surface area (Å²) >= 11 is 4.54. The monoisotopic (exact) mass is 999 g/mol. The largest absolute Gasteiger partial charge is 0.307 e. The summed E-state index contributed by atoms with van der Waals surface area (Å²) in [6.07, 6.45) is 0. The van der Waals surface area contributed by atoms with Crippen molar-refractivity contribution in [3.8, 4) is 22.5 Å². The number of halogens is 1. The van der Waals surface area contributed by atoms with Crippen molar-refractivity contribution in [3.63, 3.8) is 0 Å². The molecular weight excluding hydrogens is 925 g/mol. The molecule has 0 N–H and O–H groups in total. The zero-order valence-corrected chi connectivity index (χ0v) is 47.5. The molecule has 0 aliphatic carbocycles. The predicted octanol–water partition coefficient (Wildman–Crippen LogP) is 20.4. The molecule has 8 aromatic carbocycles. The molecule has 71 heavy (non-hydrogen) atoms. The number of nitrogens with zero attached hydrogens (tertiary/aromatic N) is 2. The zero-order chi connectivity index (χ0) is 51.3. The van der Waals surface area contributed by atoms with Crippen LogP contribution in [0.4, 0.5) is 0 Å². The molecule has 364 valence electrons. The first-order chi connectivity index (χ1) is 32.9. The number of hydrogen-bond acceptors (Lipinski definition) is 0. The molecule has 0 aliphatic heterocycles. The van der Waals surface area contributed by atoms with Crippen LogP contribution in [-0.2, 0) is 32.5 Å². The zero-order valence-electron chi connectivity index (χ0n) is 45.9. The van der Waals surface area contributed by atoms with Gasteiger partial charge in [-0.25, -0.2) is 0 Å². The number of rotatable bonds is 3. The fourth-order valence-corrected chi connectivity index (χ4v) is 11.8. The predicted molar refractivity (Wildman–Crippen MR) is 315 cm³/mol. The van der Waals surface area contributed by atoms with Crippen LogP contribution in [0.25, 0.3) is 87.7 Å². The molecule has 0 atom stereocenters. The topological polar surface area (TPSA) is 9.86 Å². The Morgan fingerprint density at radius 1 is 0.296 bits per heavy atom. The van der Waals surface area contributed by atoms with E-state index in [0.29, 0.717) is 0 Å². The van der Waals surface area contributed by atoms with Crippen LogP contribution < -0.4 is 0 Å². The minimum absolute atomic E-state index is 0.0260. The molecule has 0 spiro atoms. The fraction of sp³-hybridized carbons (Fsp3) is 0.353. The lowest BCUT2D eigenvalue weighted by Crippen LogP contribution is -2.16. The first kappa shape index (κ1) is 49.0. The molecular formula is C68H75BrN2. The van der Waals surface area contributed by atoms with Crippen LogP contribution in [0.15, 0.2) is 132 Å². The van der Waals surface area contributed by atoms with Crippen molar-refractivity contribution >= 4 is 81.1 Å². The van der Waals surface area contributed by atoms with Gasteiger partial charge in [0.1, 0.15) is 0 Å². The molecule has 2 nitrogen and oxygen atoms in total. The van der Waals surface area contributed by atoms with E-state index in [0.717, 1.165) is 15.8 Å². The lowest BCUT2D eigenvalue weighted by molar-refractivity contribution is 0.569. The molecule has 2 aromatic heterocycles. The maximum atomic E-state index is 4.54. The van der Waals surface area contributed by atoms with E-state index in [-0.39, 0.29) is 32.5 Å². The van der Waals surface area contributed by atoms with Crippen molar-refractivity contribution in [1.82, 2.24) is 9.13 Å². The first-order valence-corrected chi connectivity index (χ1v) is 26.7. The van der Waals surface area contributed by atoms with Gasteiger partial charge in [-0.15, -0.1) is 0 Å². The van der Waals surface area contributed by atoms with E-state index in [9.17, 15) is 0 Å². The van der Waals surface area contributed by atoms with Gasteiger partial charge in [-0.05, 0) is 152 Å². The second-order valence-electron chi connectivity index (χ2n) is 27.0. The SMILES string of the molecule is CC(C)(C)c1cc(-c2cc(-n3c4ccc(C(C)(C)C)cc4c4cc(C(C)(C)C)c5ccccc5c43)c(Br)c(-n3c4ccc(C(C)(C)C)cc4c4cc(C(C)(C)C)c5ccccc5c43)c2)cc(C(C)(C)C)c1. The third-order valence-electron chi connectivity index (χ3n) is 15.4. The fourth-order valence-electron chi connectivity index (χ4n) is 11.2. The van der Waals surface area contributed by atoms with Crippen molar-refractivity contribution in [1.29, 1.82) is 0 Å². The molecule has 0 saturated heterocycles. The molecule has 0 fully saturated rings. The Balaban J connectivity index is 1.46. The van der Waals surface area contributed by atoms with E-state index in [1.807, 2.05) is 0 Å². The summed E-state index contributed by atoms with van der Waals surface area (Å²) in [4.78, 5) is 0. The van der Waals surface area contributed by atoms with Crippen LogP contribution in [0.2, 0.25) is 0 Å². The van der Waals surface area contributed by atoms with Crippen LogP contribution in [0.5, 0.6) is 0 Å². The smallest absolute Gasteiger partial charge is 0.0657 e. The molecule has 0 bridgehead atoms. The average Bonchev–Trinajstić information content (AvgIpc) is 3.79. The molecule has 0 unspecified atom stereocenters. The van der Waals surface area contributed by atoms with Crippen molar-refractivity contribution in [2.24, 2.45) is 0 Å². The van der Waals surface area contributed by atoms with E-state index in [1.54, 1.807) is 0 Å². The van der Waals surface area contributed by atoms with Crippen molar-refractivity contribution < 1.29 is 0 Å². The van der Waals surface area contributed by atoms with Crippen LogP contribution >= 0.6 is 15.9 Å². The van der Waals surface area contributed by atoms with Gasteiger partial charge >= 0.3 is 0 Å². The van der Waals surface area contributed by atoms with E-state index < -0.39 is 0 Å². The summed E-state index contributed by atoms with van der Waals surface area (Å²) in [5.74, 6) is 0. The van der Waals surface area contributed by atoms with E-state index >= 15 is 0 Å². The Hall–Kier alpha value is -5.64. The van der Waals surface area contributed by atoms with Crippen molar-refractivity contribution in [2.75, 3.05) is 0 Å². The normalized spacial score (nSPS) is 13.6. The summed E-state index contributed by atoms with van der Waals surface area (Å²) < 4.78 is 6.25. The molecule has 2 heterocycles. The van der Waals surface area contributed by atoms with Gasteiger partial charge in [-0.2, -0.15) is 0 Å². The molecule has 10 rings (SSSR count). The van der Waals surface area contributed by atoms with Gasteiger partial charge in [-0.3, -0.25) is 0 Å². The summed E-state index contributed by atoms with van der Waals surface area (Å²) in [7, 11) is 0. The minimum atomic E-state index is -0.0701. The van der Waals surface area contributed by atoms with Crippen LogP contribution in [0.1, 0.15) is 158 Å². The highest BCUT2D eigenvalue weighted by atomic mass is 79.9. The quantitative estimate of drug-likeness (QED) is 0.167. The molecule has 0 aliphatic rings. The maximum absolute atomic E-state index is 4.54. The second-order valence-corrected chi connectivity index (χ2v) is 27.8. The number of hydrogen-bond donors (Lipinski definition) is 0. The Morgan fingerprint density at radius 3 is 0.972 bits per heavy atom. The van der Waals surface area contributed by atoms with E-state index in [2.05, 4.69) is 277 Å². The Bertz CT molecular complexity index is 3560. The van der Waals surface area contributed by atoms with Gasteiger partial charge in [0.15, 0.2) is 0 Å². The summed E-state index contributed by atoms with van der Waals surface area (Å²) in [5, 5.41) is 10.2. The third-order valence-corrected chi connectivity index (χ3v) is 16.2. The lowest BCUT2D eigenvalue weighted by Gasteiger charge is -2.27. The van der Waals surface area contributed by atoms with Crippen LogP contribution in [0, 0.1) is 0 Å². The minimum Gasteiger partial charge on any atom is -0.307 e. The first-order valence-electron chi connectivity index (χ1n) is 26.0. The van der Waals surface area contributed by atoms with Gasteiger partial charge in [0, 0.05) is 32.3 Å². The highest BCUT2D eigenvalue weighted by Crippen LogP contribution is 2.49. The summed E-state index contributed by atoms with van der Waals surface area (Å²) in [6, 6.07) is 50.1. The van der Waals surface area contributed by atoms with E-state index in [1.165, 1.54) is 110 Å². The molecule has 0 saturated carbocycles. The van der Waals surface area contributed by atoms with Gasteiger partial charge in [0.05, 0.1) is 37.9 Å². The highest BCUT2D eigenvalue weighted by Gasteiger charge is 2.30. The van der Waals surface area contributed by atoms with Crippen molar-refractivity contribution in [3.05, 3.63) is 165 Å². The van der Waals surface area contributed by atoms with Crippen molar-refractivity contribution in [2.45, 2.75) is 157 Å². The van der Waals surface area contributed by atoms with E-state index in [4.69, 9.17) is 0 Å². The van der Waals surface area contributed by atoms with Gasteiger partial charge < -0.3 is 9.13 Å².